The van der Waals surface area contributed by atoms with Crippen LogP contribution in [0.4, 0.5) is 4.39 Å². The summed E-state index contributed by atoms with van der Waals surface area (Å²) in [7, 11) is 0. The van der Waals surface area contributed by atoms with Crippen LogP contribution in [-0.2, 0) is 19.6 Å². The zero-order chi connectivity index (χ0) is 20.8. The van der Waals surface area contributed by atoms with Crippen LogP contribution >= 0.6 is 11.6 Å². The second kappa shape index (κ2) is 9.74. The van der Waals surface area contributed by atoms with E-state index in [2.05, 4.69) is 21.4 Å². The lowest BCUT2D eigenvalue weighted by atomic mass is 10.2. The third-order valence-electron chi connectivity index (χ3n) is 4.84. The van der Waals surface area contributed by atoms with Crippen LogP contribution in [0.2, 0.25) is 5.02 Å². The Bertz CT molecular complexity index is 1100. The highest BCUT2D eigenvalue weighted by atomic mass is 35.5. The predicted molar refractivity (Wildman–Crippen MR) is 118 cm³/mol. The highest BCUT2D eigenvalue weighted by Gasteiger charge is 2.05. The maximum Gasteiger partial charge on any atom is 0.124 e. The van der Waals surface area contributed by atoms with Gasteiger partial charge < -0.3 is 15.0 Å². The minimum atomic E-state index is -0.350. The maximum absolute atomic E-state index is 13.1. The molecule has 154 valence electrons. The van der Waals surface area contributed by atoms with Crippen molar-refractivity contribution in [1.29, 1.82) is 0 Å². The zero-order valence-electron chi connectivity index (χ0n) is 16.5. The highest BCUT2D eigenvalue weighted by Crippen LogP contribution is 2.20. The first-order valence-electron chi connectivity index (χ1n) is 9.97. The fourth-order valence-corrected chi connectivity index (χ4v) is 3.50. The number of nitrogens with one attached hydrogen (secondary N) is 2. The van der Waals surface area contributed by atoms with E-state index in [0.29, 0.717) is 11.6 Å². The summed E-state index contributed by atoms with van der Waals surface area (Å²) in [4.78, 5) is 7.97. The number of imidazole rings is 1. The van der Waals surface area contributed by atoms with Gasteiger partial charge in [-0.3, -0.25) is 0 Å². The topological polar surface area (TPSA) is 49.9 Å². The second-order valence-electron chi connectivity index (χ2n) is 7.15. The average molecular weight is 424 g/mol. The first kappa shape index (κ1) is 20.4. The molecule has 1 heterocycles. The van der Waals surface area contributed by atoms with Gasteiger partial charge in [0.05, 0.1) is 16.1 Å². The van der Waals surface area contributed by atoms with Crippen LogP contribution in [0.15, 0.2) is 66.7 Å². The van der Waals surface area contributed by atoms with Gasteiger partial charge in [0, 0.05) is 18.5 Å². The first-order valence-corrected chi connectivity index (χ1v) is 10.4. The molecule has 1 aromatic heterocycles. The molecule has 0 radical (unpaired) electrons. The molecule has 3 aromatic carbocycles. The molecule has 2 N–H and O–H groups in total. The van der Waals surface area contributed by atoms with Gasteiger partial charge in [0.2, 0.25) is 0 Å². The molecule has 0 spiro atoms. The number of aryl methyl sites for hydroxylation is 1. The lowest BCUT2D eigenvalue weighted by Gasteiger charge is -2.10. The third-order valence-corrected chi connectivity index (χ3v) is 5.19. The summed E-state index contributed by atoms with van der Waals surface area (Å²) in [5.74, 6) is 1.43. The molecule has 0 aliphatic heterocycles. The maximum atomic E-state index is 13.1. The van der Waals surface area contributed by atoms with Crippen molar-refractivity contribution >= 4 is 22.6 Å². The number of benzene rings is 3. The van der Waals surface area contributed by atoms with E-state index >= 15 is 0 Å². The fraction of sp³-hybridized carbons (Fsp3) is 0.208. The van der Waals surface area contributed by atoms with Crippen molar-refractivity contribution in [3.63, 3.8) is 0 Å². The smallest absolute Gasteiger partial charge is 0.124 e. The van der Waals surface area contributed by atoms with E-state index in [1.807, 2.05) is 42.5 Å². The van der Waals surface area contributed by atoms with Gasteiger partial charge in [-0.05, 0) is 54.9 Å². The molecule has 0 saturated carbocycles. The molecule has 0 saturated heterocycles. The summed E-state index contributed by atoms with van der Waals surface area (Å²) in [5, 5.41) is 3.83. The van der Waals surface area contributed by atoms with Crippen molar-refractivity contribution in [3.8, 4) is 5.75 Å². The molecule has 6 heteroatoms. The summed E-state index contributed by atoms with van der Waals surface area (Å²) in [6.45, 7) is 1.95. The quantitative estimate of drug-likeness (QED) is 0.342. The van der Waals surface area contributed by atoms with E-state index < -0.39 is 0 Å². The van der Waals surface area contributed by atoms with Gasteiger partial charge in [0.25, 0.3) is 0 Å². The van der Waals surface area contributed by atoms with Gasteiger partial charge in [-0.2, -0.15) is 0 Å². The van der Waals surface area contributed by atoms with Crippen LogP contribution in [0.25, 0.3) is 11.0 Å². The lowest BCUT2D eigenvalue weighted by Crippen LogP contribution is -2.15. The molecule has 0 aliphatic carbocycles. The minimum Gasteiger partial charge on any atom is -0.489 e. The number of rotatable bonds is 9. The molecular formula is C24H23ClFN3O. The third kappa shape index (κ3) is 5.38. The van der Waals surface area contributed by atoms with Crippen LogP contribution in [0.1, 0.15) is 23.4 Å². The van der Waals surface area contributed by atoms with Crippen molar-refractivity contribution in [3.05, 3.63) is 94.5 Å². The van der Waals surface area contributed by atoms with Crippen LogP contribution in [0.5, 0.6) is 5.75 Å². The van der Waals surface area contributed by atoms with Crippen LogP contribution in [-0.4, -0.2) is 16.5 Å². The van der Waals surface area contributed by atoms with Crippen molar-refractivity contribution in [2.75, 3.05) is 6.54 Å². The number of hydrogen-bond donors (Lipinski definition) is 2. The molecule has 4 rings (SSSR count). The Morgan fingerprint density at radius 1 is 1.03 bits per heavy atom. The number of nitrogens with zero attached hydrogens (tertiary/aromatic N) is 1. The van der Waals surface area contributed by atoms with Gasteiger partial charge in [-0.1, -0.05) is 41.9 Å². The normalized spacial score (nSPS) is 11.1. The molecule has 0 amide bonds. The van der Waals surface area contributed by atoms with E-state index in [-0.39, 0.29) is 5.82 Å². The van der Waals surface area contributed by atoms with Gasteiger partial charge in [0.1, 0.15) is 24.0 Å². The van der Waals surface area contributed by atoms with Gasteiger partial charge in [0.15, 0.2) is 0 Å². The zero-order valence-corrected chi connectivity index (χ0v) is 17.3. The number of para-hydroxylation sites is 2. The minimum absolute atomic E-state index is 0.299. The Morgan fingerprint density at radius 3 is 2.80 bits per heavy atom. The van der Waals surface area contributed by atoms with E-state index in [0.717, 1.165) is 59.7 Å². The summed E-state index contributed by atoms with van der Waals surface area (Å²) < 4.78 is 19.0. The van der Waals surface area contributed by atoms with Crippen molar-refractivity contribution in [2.45, 2.75) is 26.0 Å². The van der Waals surface area contributed by atoms with Gasteiger partial charge in [-0.15, -0.1) is 0 Å². The Hall–Kier alpha value is -2.89. The Labute approximate surface area is 180 Å². The largest absolute Gasteiger partial charge is 0.489 e. The Balaban J connectivity index is 1.22. The SMILES string of the molecule is Fc1ccc(COc2cccc(CNCCCc3nc4ccccc4[nH]3)c2)c(Cl)c1. The Morgan fingerprint density at radius 2 is 1.93 bits per heavy atom. The molecule has 30 heavy (non-hydrogen) atoms. The van der Waals surface area contributed by atoms with E-state index in [1.54, 1.807) is 6.07 Å². The van der Waals surface area contributed by atoms with E-state index in [1.165, 1.54) is 12.1 Å². The molecule has 0 unspecified atom stereocenters. The van der Waals surface area contributed by atoms with Crippen molar-refractivity contribution in [1.82, 2.24) is 15.3 Å². The average Bonchev–Trinajstić information content (AvgIpc) is 3.16. The van der Waals surface area contributed by atoms with Crippen LogP contribution in [0, 0.1) is 5.82 Å². The standard InChI is InChI=1S/C24H23ClFN3O/c25-21-14-19(26)11-10-18(21)16-30-20-6-3-5-17(13-20)15-27-12-4-9-24-28-22-7-1-2-8-23(22)29-24/h1-3,5-8,10-11,13-14,27H,4,9,12,15-16H2,(H,28,29). The number of aromatic amines is 1. The van der Waals surface area contributed by atoms with Crippen LogP contribution < -0.4 is 10.1 Å². The monoisotopic (exact) mass is 423 g/mol. The number of halogens is 2. The predicted octanol–water partition coefficient (Wildman–Crippen LogP) is 5.66. The molecule has 0 bridgehead atoms. The second-order valence-corrected chi connectivity index (χ2v) is 7.56. The molecule has 4 aromatic rings. The van der Waals surface area contributed by atoms with Crippen molar-refractivity contribution in [2.24, 2.45) is 0 Å². The summed E-state index contributed by atoms with van der Waals surface area (Å²) in [5.41, 5.74) is 3.99. The molecule has 4 nitrogen and oxygen atoms in total. The first-order chi connectivity index (χ1) is 14.7. The lowest BCUT2D eigenvalue weighted by molar-refractivity contribution is 0.306. The molecule has 0 atom stereocenters. The molecule has 0 aliphatic rings. The van der Waals surface area contributed by atoms with Crippen LogP contribution in [0.3, 0.4) is 0 Å². The Kier molecular flexibility index (Phi) is 6.62. The van der Waals surface area contributed by atoms with Gasteiger partial charge >= 0.3 is 0 Å². The fourth-order valence-electron chi connectivity index (χ4n) is 3.28. The summed E-state index contributed by atoms with van der Waals surface area (Å²) in [6.07, 6.45) is 1.91. The number of H-pyrrole nitrogens is 1. The van der Waals surface area contributed by atoms with E-state index in [9.17, 15) is 4.39 Å². The molecule has 0 fully saturated rings. The number of ether oxygens (including phenoxy) is 1. The van der Waals surface area contributed by atoms with Crippen molar-refractivity contribution < 1.29 is 9.13 Å². The number of hydrogen-bond acceptors (Lipinski definition) is 3. The van der Waals surface area contributed by atoms with Gasteiger partial charge in [-0.25, -0.2) is 9.37 Å². The highest BCUT2D eigenvalue weighted by molar-refractivity contribution is 6.31. The number of fused-ring (bicyclic) bond motifs is 1. The van der Waals surface area contributed by atoms with E-state index in [4.69, 9.17) is 16.3 Å². The summed E-state index contributed by atoms with van der Waals surface area (Å²) in [6, 6.07) is 20.3. The molecular weight excluding hydrogens is 401 g/mol. The summed E-state index contributed by atoms with van der Waals surface area (Å²) >= 11 is 6.06. The number of aromatic nitrogens is 2.